The Hall–Kier alpha value is -1.96. The van der Waals surface area contributed by atoms with Crippen LogP contribution in [0.15, 0.2) is 42.5 Å². The molecule has 0 amide bonds. The van der Waals surface area contributed by atoms with Crippen molar-refractivity contribution in [3.8, 4) is 0 Å². The third kappa shape index (κ3) is 2.65. The molecule has 0 radical (unpaired) electrons. The van der Waals surface area contributed by atoms with Gasteiger partial charge in [0.15, 0.2) is 5.78 Å². The van der Waals surface area contributed by atoms with Crippen molar-refractivity contribution in [1.82, 2.24) is 0 Å². The molecule has 2 aromatic carbocycles. The minimum atomic E-state index is -0.328. The number of hydrogen-bond donors (Lipinski definition) is 0. The van der Waals surface area contributed by atoms with E-state index in [-0.39, 0.29) is 11.6 Å². The average molecular weight is 242 g/mol. The highest BCUT2D eigenvalue weighted by molar-refractivity contribution is 5.97. The van der Waals surface area contributed by atoms with Crippen LogP contribution in [0.25, 0.3) is 0 Å². The summed E-state index contributed by atoms with van der Waals surface area (Å²) >= 11 is 0. The van der Waals surface area contributed by atoms with Gasteiger partial charge in [0, 0.05) is 12.0 Å². The van der Waals surface area contributed by atoms with Crippen molar-refractivity contribution in [2.75, 3.05) is 0 Å². The zero-order chi connectivity index (χ0) is 13.1. The Labute approximate surface area is 106 Å². The van der Waals surface area contributed by atoms with Crippen LogP contribution >= 0.6 is 0 Å². The molecule has 18 heavy (non-hydrogen) atoms. The molecule has 1 nitrogen and oxygen atoms in total. The molecule has 0 aliphatic carbocycles. The van der Waals surface area contributed by atoms with Crippen molar-refractivity contribution in [1.29, 1.82) is 0 Å². The van der Waals surface area contributed by atoms with Crippen LogP contribution < -0.4 is 0 Å². The van der Waals surface area contributed by atoms with E-state index in [1.165, 1.54) is 6.07 Å². The van der Waals surface area contributed by atoms with Gasteiger partial charge in [0.25, 0.3) is 0 Å². The predicted octanol–water partition coefficient (Wildman–Crippen LogP) is 3.87. The molecule has 0 spiro atoms. The van der Waals surface area contributed by atoms with E-state index in [0.29, 0.717) is 17.5 Å². The van der Waals surface area contributed by atoms with E-state index in [1.807, 2.05) is 31.2 Å². The lowest BCUT2D eigenvalue weighted by atomic mass is 9.99. The van der Waals surface area contributed by atoms with Crippen LogP contribution in [0.4, 0.5) is 4.39 Å². The Balaban J connectivity index is 2.22. The number of aryl methyl sites for hydroxylation is 2. The summed E-state index contributed by atoms with van der Waals surface area (Å²) in [6, 6.07) is 12.4. The summed E-state index contributed by atoms with van der Waals surface area (Å²) in [5.41, 5.74) is 3.06. The Kier molecular flexibility index (Phi) is 3.56. The highest BCUT2D eigenvalue weighted by atomic mass is 19.1. The Bertz CT molecular complexity index is 587. The standard InChI is InChI=1S/C16H15FO/c1-11-5-3-4-6-13(11)10-16(18)14-8-7-12(2)15(17)9-14/h3-9H,10H2,1-2H3. The zero-order valence-electron chi connectivity index (χ0n) is 10.5. The maximum Gasteiger partial charge on any atom is 0.167 e. The van der Waals surface area contributed by atoms with Crippen molar-refractivity contribution in [2.45, 2.75) is 20.3 Å². The zero-order valence-corrected chi connectivity index (χ0v) is 10.5. The fourth-order valence-electron chi connectivity index (χ4n) is 1.85. The van der Waals surface area contributed by atoms with Gasteiger partial charge in [0.1, 0.15) is 5.82 Å². The number of benzene rings is 2. The van der Waals surface area contributed by atoms with Crippen molar-refractivity contribution in [3.05, 3.63) is 70.5 Å². The molecular formula is C16H15FO. The second kappa shape index (κ2) is 5.13. The van der Waals surface area contributed by atoms with Crippen LogP contribution in [0.3, 0.4) is 0 Å². The summed E-state index contributed by atoms with van der Waals surface area (Å²) in [6.45, 7) is 3.66. The van der Waals surface area contributed by atoms with Crippen molar-refractivity contribution in [2.24, 2.45) is 0 Å². The monoisotopic (exact) mass is 242 g/mol. The molecule has 0 fully saturated rings. The Morgan fingerprint density at radius 3 is 2.44 bits per heavy atom. The van der Waals surface area contributed by atoms with Crippen LogP contribution in [0.2, 0.25) is 0 Å². The summed E-state index contributed by atoms with van der Waals surface area (Å²) < 4.78 is 13.4. The SMILES string of the molecule is Cc1ccc(C(=O)Cc2ccccc2C)cc1F. The molecular weight excluding hydrogens is 227 g/mol. The third-order valence-electron chi connectivity index (χ3n) is 3.11. The number of ketones is 1. The molecule has 2 aromatic rings. The first kappa shape index (κ1) is 12.5. The van der Waals surface area contributed by atoms with Gasteiger partial charge in [-0.15, -0.1) is 0 Å². The summed E-state index contributed by atoms with van der Waals surface area (Å²) in [5.74, 6) is -0.381. The number of hydrogen-bond acceptors (Lipinski definition) is 1. The highest BCUT2D eigenvalue weighted by Crippen LogP contribution is 2.14. The molecule has 0 bridgehead atoms. The van der Waals surface area contributed by atoms with E-state index >= 15 is 0 Å². The van der Waals surface area contributed by atoms with Crippen LogP contribution in [-0.4, -0.2) is 5.78 Å². The molecule has 2 heteroatoms. The van der Waals surface area contributed by atoms with E-state index in [9.17, 15) is 9.18 Å². The first-order chi connectivity index (χ1) is 8.58. The lowest BCUT2D eigenvalue weighted by Gasteiger charge is -2.05. The molecule has 0 unspecified atom stereocenters. The maximum atomic E-state index is 13.4. The second-order valence-corrected chi connectivity index (χ2v) is 4.49. The molecule has 0 saturated heterocycles. The Morgan fingerprint density at radius 1 is 1.06 bits per heavy atom. The van der Waals surface area contributed by atoms with Crippen LogP contribution in [0.1, 0.15) is 27.0 Å². The van der Waals surface area contributed by atoms with E-state index in [1.54, 1.807) is 19.1 Å². The number of rotatable bonds is 3. The van der Waals surface area contributed by atoms with Crippen LogP contribution in [0, 0.1) is 19.7 Å². The fraction of sp³-hybridized carbons (Fsp3) is 0.188. The smallest absolute Gasteiger partial charge is 0.167 e. The topological polar surface area (TPSA) is 17.1 Å². The van der Waals surface area contributed by atoms with E-state index in [2.05, 4.69) is 0 Å². The molecule has 0 atom stereocenters. The molecule has 0 aromatic heterocycles. The molecule has 2 rings (SSSR count). The largest absolute Gasteiger partial charge is 0.294 e. The fourth-order valence-corrected chi connectivity index (χ4v) is 1.85. The molecule has 0 aliphatic heterocycles. The van der Waals surface area contributed by atoms with Crippen molar-refractivity contribution < 1.29 is 9.18 Å². The number of carbonyl (C=O) groups excluding carboxylic acids is 1. The molecule has 0 heterocycles. The van der Waals surface area contributed by atoms with Gasteiger partial charge in [-0.05, 0) is 36.6 Å². The summed E-state index contributed by atoms with van der Waals surface area (Å²) in [7, 11) is 0. The summed E-state index contributed by atoms with van der Waals surface area (Å²) in [5, 5.41) is 0. The van der Waals surface area contributed by atoms with Crippen molar-refractivity contribution in [3.63, 3.8) is 0 Å². The highest BCUT2D eigenvalue weighted by Gasteiger charge is 2.10. The lowest BCUT2D eigenvalue weighted by molar-refractivity contribution is 0.0992. The van der Waals surface area contributed by atoms with E-state index in [4.69, 9.17) is 0 Å². The molecule has 0 saturated carbocycles. The van der Waals surface area contributed by atoms with Gasteiger partial charge < -0.3 is 0 Å². The molecule has 0 aliphatic rings. The molecule has 0 N–H and O–H groups in total. The van der Waals surface area contributed by atoms with E-state index < -0.39 is 0 Å². The Morgan fingerprint density at radius 2 is 1.78 bits per heavy atom. The number of carbonyl (C=O) groups is 1. The first-order valence-electron chi connectivity index (χ1n) is 5.92. The number of Topliss-reactive ketones (excluding diaryl/α,β-unsaturated/α-hetero) is 1. The summed E-state index contributed by atoms with van der Waals surface area (Å²) in [4.78, 5) is 12.1. The normalized spacial score (nSPS) is 10.4. The van der Waals surface area contributed by atoms with Gasteiger partial charge in [0.05, 0.1) is 0 Å². The van der Waals surface area contributed by atoms with Gasteiger partial charge >= 0.3 is 0 Å². The number of halogens is 1. The van der Waals surface area contributed by atoms with Crippen molar-refractivity contribution >= 4 is 5.78 Å². The summed E-state index contributed by atoms with van der Waals surface area (Å²) in [6.07, 6.45) is 0.315. The second-order valence-electron chi connectivity index (χ2n) is 4.49. The third-order valence-corrected chi connectivity index (χ3v) is 3.11. The van der Waals surface area contributed by atoms with Gasteiger partial charge in [-0.1, -0.05) is 36.4 Å². The van der Waals surface area contributed by atoms with Crippen LogP contribution in [-0.2, 0) is 6.42 Å². The minimum absolute atomic E-state index is 0.0526. The lowest BCUT2D eigenvalue weighted by Crippen LogP contribution is -2.05. The van der Waals surface area contributed by atoms with Gasteiger partial charge in [-0.25, -0.2) is 4.39 Å². The maximum absolute atomic E-state index is 13.4. The van der Waals surface area contributed by atoms with Crippen LogP contribution in [0.5, 0.6) is 0 Å². The van der Waals surface area contributed by atoms with Gasteiger partial charge in [-0.2, -0.15) is 0 Å². The minimum Gasteiger partial charge on any atom is -0.294 e. The van der Waals surface area contributed by atoms with Gasteiger partial charge in [-0.3, -0.25) is 4.79 Å². The molecule has 92 valence electrons. The predicted molar refractivity (Wildman–Crippen MR) is 70.4 cm³/mol. The van der Waals surface area contributed by atoms with E-state index in [0.717, 1.165) is 11.1 Å². The average Bonchev–Trinajstić information content (AvgIpc) is 2.35. The quantitative estimate of drug-likeness (QED) is 0.747. The van der Waals surface area contributed by atoms with Gasteiger partial charge in [0.2, 0.25) is 0 Å². The first-order valence-corrected chi connectivity index (χ1v) is 5.92.